The highest BCUT2D eigenvalue weighted by Crippen LogP contribution is 2.25. The average Bonchev–Trinajstić information content (AvgIpc) is 2.18. The average molecular weight is 187 g/mol. The Bertz CT molecular complexity index is 145. The summed E-state index contributed by atoms with van der Waals surface area (Å²) in [5.41, 5.74) is 5.27. The van der Waals surface area contributed by atoms with Crippen molar-refractivity contribution in [2.45, 2.75) is 33.6 Å². The van der Waals surface area contributed by atoms with Crippen LogP contribution in [0.15, 0.2) is 0 Å². The zero-order chi connectivity index (χ0) is 10.3. The van der Waals surface area contributed by atoms with Crippen LogP contribution in [0, 0.1) is 5.41 Å². The largest absolute Gasteiger partial charge is 0.374 e. The second-order valence-electron chi connectivity index (χ2n) is 3.25. The van der Waals surface area contributed by atoms with Gasteiger partial charge in [0.15, 0.2) is 5.78 Å². The van der Waals surface area contributed by atoms with Crippen molar-refractivity contribution in [3.8, 4) is 0 Å². The first kappa shape index (κ1) is 12.6. The van der Waals surface area contributed by atoms with Crippen molar-refractivity contribution in [3.05, 3.63) is 0 Å². The summed E-state index contributed by atoms with van der Waals surface area (Å²) in [4.78, 5) is 11.7. The van der Waals surface area contributed by atoms with Gasteiger partial charge in [-0.2, -0.15) is 0 Å². The second-order valence-corrected chi connectivity index (χ2v) is 3.25. The van der Waals surface area contributed by atoms with Gasteiger partial charge in [-0.25, -0.2) is 0 Å². The molecule has 0 unspecified atom stereocenters. The van der Waals surface area contributed by atoms with Gasteiger partial charge in [0.05, 0.1) is 0 Å². The third-order valence-corrected chi connectivity index (χ3v) is 2.77. The summed E-state index contributed by atoms with van der Waals surface area (Å²) in [6.07, 6.45) is 1.60. The first-order chi connectivity index (χ1) is 6.16. The molecule has 0 aliphatic carbocycles. The lowest BCUT2D eigenvalue weighted by molar-refractivity contribution is -0.133. The summed E-state index contributed by atoms with van der Waals surface area (Å²) in [6.45, 7) is 7.09. The van der Waals surface area contributed by atoms with Gasteiger partial charge in [-0.3, -0.25) is 4.79 Å². The third-order valence-electron chi connectivity index (χ3n) is 2.77. The maximum Gasteiger partial charge on any atom is 0.165 e. The smallest absolute Gasteiger partial charge is 0.165 e. The summed E-state index contributed by atoms with van der Waals surface area (Å²) in [5.74, 6) is 0.141. The molecule has 0 bridgehead atoms. The minimum atomic E-state index is -0.352. The van der Waals surface area contributed by atoms with E-state index in [1.807, 2.05) is 20.8 Å². The van der Waals surface area contributed by atoms with Gasteiger partial charge in [0, 0.05) is 18.6 Å². The normalized spacial score (nSPS) is 11.7. The lowest BCUT2D eigenvalue weighted by Crippen LogP contribution is -2.39. The van der Waals surface area contributed by atoms with Gasteiger partial charge in [-0.05, 0) is 19.8 Å². The molecule has 0 amide bonds. The molecular weight excluding hydrogens is 166 g/mol. The molecule has 2 N–H and O–H groups in total. The Labute approximate surface area is 80.6 Å². The van der Waals surface area contributed by atoms with E-state index in [9.17, 15) is 4.79 Å². The van der Waals surface area contributed by atoms with E-state index < -0.39 is 0 Å². The highest BCUT2D eigenvalue weighted by atomic mass is 16.5. The van der Waals surface area contributed by atoms with E-state index in [0.717, 1.165) is 12.8 Å². The maximum absolute atomic E-state index is 11.7. The molecular formula is C10H21NO2. The van der Waals surface area contributed by atoms with Crippen LogP contribution in [-0.2, 0) is 9.53 Å². The Kier molecular flexibility index (Phi) is 5.91. The number of hydrogen-bond donors (Lipinski definition) is 1. The molecule has 13 heavy (non-hydrogen) atoms. The summed E-state index contributed by atoms with van der Waals surface area (Å²) in [6, 6.07) is 0. The van der Waals surface area contributed by atoms with Crippen molar-refractivity contribution < 1.29 is 9.53 Å². The first-order valence-electron chi connectivity index (χ1n) is 4.98. The Morgan fingerprint density at radius 2 is 1.85 bits per heavy atom. The molecule has 0 aromatic carbocycles. The molecule has 3 nitrogen and oxygen atoms in total. The Hall–Kier alpha value is -0.410. The number of carbonyl (C=O) groups excluding carboxylic acids is 1. The summed E-state index contributed by atoms with van der Waals surface area (Å²) < 4.78 is 5.10. The zero-order valence-corrected chi connectivity index (χ0v) is 8.93. The standard InChI is InChI=1S/C10H21NO2/c1-4-10(5-2,8-11)9(12)7-13-6-3/h4-8,11H2,1-3H3. The Balaban J connectivity index is 4.26. The molecule has 0 aliphatic rings. The SMILES string of the molecule is CCOCC(=O)C(CC)(CC)CN. The van der Waals surface area contributed by atoms with E-state index in [4.69, 9.17) is 10.5 Å². The molecule has 0 atom stereocenters. The van der Waals surface area contributed by atoms with Crippen molar-refractivity contribution in [3.63, 3.8) is 0 Å². The number of carbonyl (C=O) groups is 1. The molecule has 0 spiro atoms. The zero-order valence-electron chi connectivity index (χ0n) is 8.93. The van der Waals surface area contributed by atoms with Gasteiger partial charge in [-0.15, -0.1) is 0 Å². The fraction of sp³-hybridized carbons (Fsp3) is 0.900. The fourth-order valence-corrected chi connectivity index (χ4v) is 1.39. The van der Waals surface area contributed by atoms with Crippen molar-refractivity contribution in [1.82, 2.24) is 0 Å². The van der Waals surface area contributed by atoms with Gasteiger partial charge >= 0.3 is 0 Å². The molecule has 3 heteroatoms. The predicted molar refractivity (Wildman–Crippen MR) is 53.6 cm³/mol. The molecule has 0 radical (unpaired) electrons. The molecule has 0 fully saturated rings. The van der Waals surface area contributed by atoms with Gasteiger partial charge in [-0.1, -0.05) is 13.8 Å². The maximum atomic E-state index is 11.7. The molecule has 0 saturated carbocycles. The van der Waals surface area contributed by atoms with Crippen molar-refractivity contribution in [1.29, 1.82) is 0 Å². The third kappa shape index (κ3) is 3.08. The molecule has 0 aromatic heterocycles. The number of rotatable bonds is 7. The van der Waals surface area contributed by atoms with E-state index in [1.165, 1.54) is 0 Å². The van der Waals surface area contributed by atoms with Gasteiger partial charge < -0.3 is 10.5 Å². The molecule has 0 saturated heterocycles. The van der Waals surface area contributed by atoms with Crippen LogP contribution >= 0.6 is 0 Å². The van der Waals surface area contributed by atoms with Crippen LogP contribution in [0.2, 0.25) is 0 Å². The van der Waals surface area contributed by atoms with Crippen LogP contribution in [0.5, 0.6) is 0 Å². The predicted octanol–water partition coefficient (Wildman–Crippen LogP) is 1.36. The molecule has 78 valence electrons. The van der Waals surface area contributed by atoms with Crippen LogP contribution in [0.25, 0.3) is 0 Å². The van der Waals surface area contributed by atoms with Gasteiger partial charge in [0.1, 0.15) is 6.61 Å². The Morgan fingerprint density at radius 3 is 2.15 bits per heavy atom. The van der Waals surface area contributed by atoms with Gasteiger partial charge in [0.25, 0.3) is 0 Å². The van der Waals surface area contributed by atoms with Crippen molar-refractivity contribution in [2.75, 3.05) is 19.8 Å². The number of ketones is 1. The monoisotopic (exact) mass is 187 g/mol. The van der Waals surface area contributed by atoms with E-state index >= 15 is 0 Å². The van der Waals surface area contributed by atoms with Crippen LogP contribution in [0.4, 0.5) is 0 Å². The molecule has 0 aliphatic heterocycles. The minimum Gasteiger partial charge on any atom is -0.374 e. The molecule has 0 aromatic rings. The van der Waals surface area contributed by atoms with E-state index in [0.29, 0.717) is 13.2 Å². The summed E-state index contributed by atoms with van der Waals surface area (Å²) >= 11 is 0. The van der Waals surface area contributed by atoms with E-state index in [2.05, 4.69) is 0 Å². The Morgan fingerprint density at radius 1 is 1.31 bits per heavy atom. The van der Waals surface area contributed by atoms with Crippen LogP contribution in [0.3, 0.4) is 0 Å². The fourth-order valence-electron chi connectivity index (χ4n) is 1.39. The topological polar surface area (TPSA) is 52.3 Å². The summed E-state index contributed by atoms with van der Waals surface area (Å²) in [7, 11) is 0. The number of Topliss-reactive ketones (excluding diaryl/α,β-unsaturated/α-hetero) is 1. The second kappa shape index (κ2) is 6.11. The lowest BCUT2D eigenvalue weighted by atomic mass is 9.78. The molecule has 0 rings (SSSR count). The first-order valence-corrected chi connectivity index (χ1v) is 4.98. The minimum absolute atomic E-state index is 0.141. The quantitative estimate of drug-likeness (QED) is 0.654. The highest BCUT2D eigenvalue weighted by molar-refractivity contribution is 5.86. The van der Waals surface area contributed by atoms with E-state index in [-0.39, 0.29) is 17.8 Å². The number of nitrogens with two attached hydrogens (primary N) is 1. The van der Waals surface area contributed by atoms with Crippen LogP contribution in [-0.4, -0.2) is 25.5 Å². The van der Waals surface area contributed by atoms with Crippen molar-refractivity contribution in [2.24, 2.45) is 11.1 Å². The van der Waals surface area contributed by atoms with E-state index in [1.54, 1.807) is 0 Å². The summed E-state index contributed by atoms with van der Waals surface area (Å²) in [5, 5.41) is 0. The number of hydrogen-bond acceptors (Lipinski definition) is 3. The lowest BCUT2D eigenvalue weighted by Gasteiger charge is -2.28. The molecule has 0 heterocycles. The van der Waals surface area contributed by atoms with Gasteiger partial charge in [0.2, 0.25) is 0 Å². The van der Waals surface area contributed by atoms with Crippen LogP contribution < -0.4 is 5.73 Å². The van der Waals surface area contributed by atoms with Crippen molar-refractivity contribution >= 4 is 5.78 Å². The number of ether oxygens (including phenoxy) is 1. The highest BCUT2D eigenvalue weighted by Gasteiger charge is 2.32. The van der Waals surface area contributed by atoms with Crippen LogP contribution in [0.1, 0.15) is 33.6 Å².